The average molecular weight is 588 g/mol. The molecule has 8 heteroatoms. The zero-order valence-corrected chi connectivity index (χ0v) is 26.1. The highest BCUT2D eigenvalue weighted by Gasteiger charge is 2.21. The van der Waals surface area contributed by atoms with Crippen LogP contribution < -0.4 is 16.4 Å². The van der Waals surface area contributed by atoms with Crippen molar-refractivity contribution < 1.29 is 14.0 Å². The SMILES string of the molecule is C#C.C#C.C=C/C=C(\C(=C/C)NC(=O)c1nc(-c2cc(C(=O)NC(C)C)ccc2F)ccc1N)N1CCCCC1.CCC. The van der Waals surface area contributed by atoms with Crippen molar-refractivity contribution in [1.29, 1.82) is 0 Å². The molecule has 230 valence electrons. The second-order valence-corrected chi connectivity index (χ2v) is 9.66. The first-order chi connectivity index (χ1) is 20.7. The molecule has 1 aliphatic heterocycles. The number of benzene rings is 1. The number of amides is 2. The first-order valence-electron chi connectivity index (χ1n) is 14.3. The summed E-state index contributed by atoms with van der Waals surface area (Å²) >= 11 is 0. The van der Waals surface area contributed by atoms with Gasteiger partial charge >= 0.3 is 0 Å². The normalized spacial score (nSPS) is 12.7. The number of pyridine rings is 1. The van der Waals surface area contributed by atoms with Gasteiger partial charge in [0, 0.05) is 30.3 Å². The Morgan fingerprint density at radius 3 is 2.21 bits per heavy atom. The van der Waals surface area contributed by atoms with Gasteiger partial charge in [-0.25, -0.2) is 9.37 Å². The van der Waals surface area contributed by atoms with Gasteiger partial charge in [0.15, 0.2) is 5.69 Å². The van der Waals surface area contributed by atoms with E-state index in [1.807, 2.05) is 32.9 Å². The molecule has 0 radical (unpaired) electrons. The van der Waals surface area contributed by atoms with Crippen LogP contribution in [0.3, 0.4) is 0 Å². The van der Waals surface area contributed by atoms with Gasteiger partial charge in [-0.3, -0.25) is 9.59 Å². The predicted octanol–water partition coefficient (Wildman–Crippen LogP) is 6.71. The van der Waals surface area contributed by atoms with Crippen LogP contribution >= 0.6 is 0 Å². The number of piperidine rings is 1. The quantitative estimate of drug-likeness (QED) is 0.235. The van der Waals surface area contributed by atoms with Crippen molar-refractivity contribution in [3.63, 3.8) is 0 Å². The van der Waals surface area contributed by atoms with E-state index in [9.17, 15) is 14.0 Å². The molecule has 7 nitrogen and oxygen atoms in total. The minimum absolute atomic E-state index is 0.0279. The summed E-state index contributed by atoms with van der Waals surface area (Å²) in [5, 5.41) is 5.70. The third-order valence-electron chi connectivity index (χ3n) is 5.85. The predicted molar refractivity (Wildman–Crippen MR) is 177 cm³/mol. The zero-order valence-electron chi connectivity index (χ0n) is 26.1. The molecule has 1 aromatic carbocycles. The van der Waals surface area contributed by atoms with Crippen LogP contribution in [0.25, 0.3) is 11.3 Å². The van der Waals surface area contributed by atoms with Crippen LogP contribution in [0, 0.1) is 31.5 Å². The molecular weight excluding hydrogens is 541 g/mol. The lowest BCUT2D eigenvalue weighted by molar-refractivity contribution is 0.0939. The van der Waals surface area contributed by atoms with Crippen molar-refractivity contribution in [1.82, 2.24) is 20.5 Å². The van der Waals surface area contributed by atoms with E-state index >= 15 is 0 Å². The van der Waals surface area contributed by atoms with Gasteiger partial charge in [-0.05, 0) is 76.4 Å². The molecule has 0 spiro atoms. The second-order valence-electron chi connectivity index (χ2n) is 9.66. The zero-order chi connectivity index (χ0) is 32.9. The van der Waals surface area contributed by atoms with Crippen LogP contribution in [0.2, 0.25) is 0 Å². The van der Waals surface area contributed by atoms with Crippen LogP contribution in [0.15, 0.2) is 66.5 Å². The molecule has 2 amide bonds. The number of allylic oxidation sites excluding steroid dienone is 3. The number of hydrogen-bond acceptors (Lipinski definition) is 5. The summed E-state index contributed by atoms with van der Waals surface area (Å²) in [7, 11) is 0. The van der Waals surface area contributed by atoms with Crippen LogP contribution in [0.4, 0.5) is 10.1 Å². The number of aromatic nitrogens is 1. The number of nitrogens with zero attached hydrogens (tertiary/aromatic N) is 2. The molecule has 2 heterocycles. The number of likely N-dealkylation sites (tertiary alicyclic amines) is 1. The lowest BCUT2D eigenvalue weighted by Gasteiger charge is -2.32. The first-order valence-corrected chi connectivity index (χ1v) is 14.3. The lowest BCUT2D eigenvalue weighted by Crippen LogP contribution is -2.35. The molecule has 0 atom stereocenters. The molecule has 2 aromatic rings. The topological polar surface area (TPSA) is 100 Å². The van der Waals surface area contributed by atoms with Gasteiger partial charge in [0.1, 0.15) is 5.82 Å². The molecule has 1 aromatic heterocycles. The number of rotatable bonds is 8. The van der Waals surface area contributed by atoms with Crippen LogP contribution in [0.1, 0.15) is 81.1 Å². The molecule has 1 saturated heterocycles. The number of nitrogens with one attached hydrogen (secondary N) is 2. The number of halogens is 1. The molecule has 0 unspecified atom stereocenters. The molecule has 0 saturated carbocycles. The minimum atomic E-state index is -0.560. The molecule has 1 fully saturated rings. The van der Waals surface area contributed by atoms with Gasteiger partial charge in [0.2, 0.25) is 0 Å². The largest absolute Gasteiger partial charge is 0.397 e. The van der Waals surface area contributed by atoms with Crippen molar-refractivity contribution in [2.24, 2.45) is 0 Å². The molecule has 4 N–H and O–H groups in total. The summed E-state index contributed by atoms with van der Waals surface area (Å²) in [6, 6.07) is 7.02. The first kappa shape index (κ1) is 38.2. The maximum absolute atomic E-state index is 14.7. The van der Waals surface area contributed by atoms with Crippen LogP contribution in [-0.4, -0.2) is 40.8 Å². The monoisotopic (exact) mass is 587 g/mol. The Labute approximate surface area is 257 Å². The van der Waals surface area contributed by atoms with Crippen LogP contribution in [0.5, 0.6) is 0 Å². The highest BCUT2D eigenvalue weighted by Crippen LogP contribution is 2.26. The summed E-state index contributed by atoms with van der Waals surface area (Å²) in [6.45, 7) is 15.4. The number of hydrogen-bond donors (Lipinski definition) is 3. The molecule has 1 aliphatic rings. The fourth-order valence-electron chi connectivity index (χ4n) is 4.09. The Hall–Kier alpha value is -4.82. The maximum atomic E-state index is 14.7. The summed E-state index contributed by atoms with van der Waals surface area (Å²) < 4.78 is 14.7. The van der Waals surface area contributed by atoms with Gasteiger partial charge in [0.25, 0.3) is 11.8 Å². The van der Waals surface area contributed by atoms with E-state index in [0.29, 0.717) is 11.3 Å². The van der Waals surface area contributed by atoms with Gasteiger partial charge in [-0.1, -0.05) is 39.0 Å². The molecule has 0 bridgehead atoms. The molecule has 0 aliphatic carbocycles. The molecule has 3 rings (SSSR count). The Morgan fingerprint density at radius 1 is 1.07 bits per heavy atom. The number of nitrogen functional groups attached to an aromatic ring is 1. The van der Waals surface area contributed by atoms with E-state index < -0.39 is 11.7 Å². The third kappa shape index (κ3) is 11.9. The smallest absolute Gasteiger partial charge is 0.276 e. The Bertz CT molecular complexity index is 1300. The minimum Gasteiger partial charge on any atom is -0.397 e. The summed E-state index contributed by atoms with van der Waals surface area (Å²) in [5.41, 5.74) is 8.31. The third-order valence-corrected chi connectivity index (χ3v) is 5.85. The van der Waals surface area contributed by atoms with Crippen molar-refractivity contribution in [3.8, 4) is 37.0 Å². The average Bonchev–Trinajstić information content (AvgIpc) is 3.02. The molecular formula is C35H46FN5O2. The van der Waals surface area contributed by atoms with Crippen molar-refractivity contribution in [2.75, 3.05) is 18.8 Å². The van der Waals surface area contributed by atoms with Gasteiger partial charge in [-0.2, -0.15) is 0 Å². The second kappa shape index (κ2) is 21.0. The van der Waals surface area contributed by atoms with Crippen molar-refractivity contribution >= 4 is 17.5 Å². The van der Waals surface area contributed by atoms with Crippen LogP contribution in [-0.2, 0) is 0 Å². The summed E-state index contributed by atoms with van der Waals surface area (Å²) in [6.07, 6.45) is 26.0. The fourth-order valence-corrected chi connectivity index (χ4v) is 4.09. The standard InChI is InChI=1S/C28H34FN5O2.C3H8.2C2H2/c1-5-10-25(34-15-8-7-9-16-34)23(6-2)33-28(36)26-22(30)13-14-24(32-26)20-17-19(11-12-21(20)29)27(35)31-18(3)4;1-3-2;2*1-2/h5-6,10-14,17-18H,1,7-9,15-16,30H2,2-4H3,(H,31,35)(H,33,36);3H2,1-2H3;2*1-2H/b23-6+,25-10+;;;. The highest BCUT2D eigenvalue weighted by atomic mass is 19.1. The Kier molecular flexibility index (Phi) is 18.6. The van der Waals surface area contributed by atoms with Gasteiger partial charge < -0.3 is 21.3 Å². The molecule has 43 heavy (non-hydrogen) atoms. The van der Waals surface area contributed by atoms with E-state index in [1.54, 1.807) is 6.08 Å². The van der Waals surface area contributed by atoms with Gasteiger partial charge in [-0.15, -0.1) is 25.7 Å². The lowest BCUT2D eigenvalue weighted by atomic mass is 10.0. The summed E-state index contributed by atoms with van der Waals surface area (Å²) in [5.74, 6) is -1.39. The van der Waals surface area contributed by atoms with Crippen molar-refractivity contribution in [2.45, 2.75) is 66.3 Å². The highest BCUT2D eigenvalue weighted by molar-refractivity contribution is 5.99. The number of carbonyl (C=O) groups is 2. The summed E-state index contributed by atoms with van der Waals surface area (Å²) in [4.78, 5) is 32.3. The van der Waals surface area contributed by atoms with E-state index in [1.165, 1.54) is 43.2 Å². The van der Waals surface area contributed by atoms with E-state index in [4.69, 9.17) is 5.73 Å². The number of nitrogens with two attached hydrogens (primary N) is 1. The Balaban J connectivity index is 0.00000232. The Morgan fingerprint density at radius 2 is 1.67 bits per heavy atom. The number of terminal acetylenes is 2. The van der Waals surface area contributed by atoms with Crippen molar-refractivity contribution in [3.05, 3.63) is 83.6 Å². The maximum Gasteiger partial charge on any atom is 0.276 e. The number of carbonyl (C=O) groups excluding carboxylic acids is 2. The van der Waals surface area contributed by atoms with E-state index in [2.05, 4.69) is 66.6 Å². The fraction of sp³-hybridized carbons (Fsp3) is 0.343. The van der Waals surface area contributed by atoms with E-state index in [0.717, 1.165) is 31.6 Å². The van der Waals surface area contributed by atoms with Gasteiger partial charge in [0.05, 0.1) is 22.8 Å². The van der Waals surface area contributed by atoms with E-state index in [-0.39, 0.29) is 34.6 Å². The number of anilines is 1.